The van der Waals surface area contributed by atoms with Crippen LogP contribution in [0.3, 0.4) is 0 Å². The normalized spacial score (nSPS) is 15.8. The summed E-state index contributed by atoms with van der Waals surface area (Å²) < 4.78 is 1.78. The Morgan fingerprint density at radius 1 is 1.15 bits per heavy atom. The third-order valence-electron chi connectivity index (χ3n) is 5.23. The third kappa shape index (κ3) is 2.54. The van der Waals surface area contributed by atoms with Gasteiger partial charge < -0.3 is 9.88 Å². The number of nitrogens with one attached hydrogen (secondary N) is 1. The molecule has 0 spiro atoms. The lowest BCUT2D eigenvalue weighted by Crippen LogP contribution is -2.38. The number of H-pyrrole nitrogens is 1. The molecular formula is C20H19N5O. The molecule has 0 radical (unpaired) electrons. The molecule has 1 N–H and O–H groups in total. The van der Waals surface area contributed by atoms with Crippen molar-refractivity contribution in [3.63, 3.8) is 0 Å². The molecule has 1 aliphatic heterocycles. The molecule has 1 fully saturated rings. The second-order valence-corrected chi connectivity index (χ2v) is 6.83. The van der Waals surface area contributed by atoms with Crippen molar-refractivity contribution in [2.45, 2.75) is 18.8 Å². The van der Waals surface area contributed by atoms with E-state index in [9.17, 15) is 4.79 Å². The molecule has 0 saturated carbocycles. The maximum Gasteiger partial charge on any atom is 0.274 e. The Hall–Kier alpha value is -3.15. The molecule has 4 aromatic rings. The Morgan fingerprint density at radius 3 is 2.81 bits per heavy atom. The molecule has 6 nitrogen and oxygen atoms in total. The highest BCUT2D eigenvalue weighted by atomic mass is 16.2. The van der Waals surface area contributed by atoms with Crippen molar-refractivity contribution in [1.82, 2.24) is 24.3 Å². The Kier molecular flexibility index (Phi) is 3.48. The van der Waals surface area contributed by atoms with Gasteiger partial charge in [0.2, 0.25) is 5.78 Å². The minimum absolute atomic E-state index is 0.00871. The molecule has 1 amide bonds. The molecule has 26 heavy (non-hydrogen) atoms. The van der Waals surface area contributed by atoms with E-state index >= 15 is 0 Å². The lowest BCUT2D eigenvalue weighted by molar-refractivity contribution is 0.0707. The van der Waals surface area contributed by atoms with Crippen LogP contribution in [0.2, 0.25) is 0 Å². The molecule has 0 aliphatic carbocycles. The minimum atomic E-state index is -0.00871. The summed E-state index contributed by atoms with van der Waals surface area (Å²) in [5.74, 6) is 1.02. The zero-order chi connectivity index (χ0) is 17.5. The van der Waals surface area contributed by atoms with E-state index < -0.39 is 0 Å². The summed E-state index contributed by atoms with van der Waals surface area (Å²) in [6.07, 6.45) is 7.22. The van der Waals surface area contributed by atoms with Crippen molar-refractivity contribution in [2.24, 2.45) is 0 Å². The summed E-state index contributed by atoms with van der Waals surface area (Å²) in [7, 11) is 0. The molecule has 1 saturated heterocycles. The van der Waals surface area contributed by atoms with Crippen LogP contribution < -0.4 is 0 Å². The molecule has 0 atom stereocenters. The fourth-order valence-corrected chi connectivity index (χ4v) is 3.80. The molecule has 5 rings (SSSR count). The fourth-order valence-electron chi connectivity index (χ4n) is 3.80. The largest absolute Gasteiger partial charge is 0.358 e. The van der Waals surface area contributed by atoms with Gasteiger partial charge in [0.25, 0.3) is 5.91 Å². The lowest BCUT2D eigenvalue weighted by Gasteiger charge is -2.31. The predicted octanol–water partition coefficient (Wildman–Crippen LogP) is 3.23. The number of aromatic amines is 1. The van der Waals surface area contributed by atoms with Crippen LogP contribution in [0.15, 0.2) is 55.0 Å². The number of likely N-dealkylation sites (tertiary alicyclic amines) is 1. The standard InChI is InChI=1S/C20H19N5O/c26-19(18-13-25-9-3-8-21-20(25)23-18)24-10-6-14(7-11-24)17-12-15-4-1-2-5-16(15)22-17/h1-5,8-9,12-14,22H,6-7,10-11H2. The Labute approximate surface area is 150 Å². The predicted molar refractivity (Wildman–Crippen MR) is 99.2 cm³/mol. The van der Waals surface area contributed by atoms with Gasteiger partial charge in [0, 0.05) is 48.8 Å². The van der Waals surface area contributed by atoms with Gasteiger partial charge >= 0.3 is 0 Å². The van der Waals surface area contributed by atoms with E-state index in [2.05, 4.69) is 39.2 Å². The smallest absolute Gasteiger partial charge is 0.274 e. The number of carbonyl (C=O) groups is 1. The van der Waals surface area contributed by atoms with Gasteiger partial charge in [-0.3, -0.25) is 9.20 Å². The first-order chi connectivity index (χ1) is 12.8. The fraction of sp³-hybridized carbons (Fsp3) is 0.250. The second-order valence-electron chi connectivity index (χ2n) is 6.83. The van der Waals surface area contributed by atoms with Gasteiger partial charge in [-0.2, -0.15) is 0 Å². The number of hydrogen-bond donors (Lipinski definition) is 1. The quantitative estimate of drug-likeness (QED) is 0.606. The van der Waals surface area contributed by atoms with E-state index in [1.54, 1.807) is 16.8 Å². The van der Waals surface area contributed by atoms with E-state index in [4.69, 9.17) is 0 Å². The molecule has 1 aromatic carbocycles. The van der Waals surface area contributed by atoms with E-state index in [-0.39, 0.29) is 5.91 Å². The monoisotopic (exact) mass is 345 g/mol. The Morgan fingerprint density at radius 2 is 2.00 bits per heavy atom. The van der Waals surface area contributed by atoms with Crippen molar-refractivity contribution >= 4 is 22.6 Å². The van der Waals surface area contributed by atoms with Gasteiger partial charge in [-0.15, -0.1) is 0 Å². The maximum atomic E-state index is 12.8. The third-order valence-corrected chi connectivity index (χ3v) is 5.23. The van der Waals surface area contributed by atoms with Crippen LogP contribution >= 0.6 is 0 Å². The number of nitrogens with zero attached hydrogens (tertiary/aromatic N) is 4. The van der Waals surface area contributed by atoms with Crippen molar-refractivity contribution < 1.29 is 4.79 Å². The van der Waals surface area contributed by atoms with Gasteiger partial charge in [-0.25, -0.2) is 9.97 Å². The first-order valence-corrected chi connectivity index (χ1v) is 8.94. The lowest BCUT2D eigenvalue weighted by atomic mass is 9.93. The van der Waals surface area contributed by atoms with Crippen LogP contribution in [0.5, 0.6) is 0 Å². The topological polar surface area (TPSA) is 66.3 Å². The summed E-state index contributed by atoms with van der Waals surface area (Å²) in [4.78, 5) is 26.7. The van der Waals surface area contributed by atoms with E-state index in [1.165, 1.54) is 16.6 Å². The zero-order valence-electron chi connectivity index (χ0n) is 14.3. The summed E-state index contributed by atoms with van der Waals surface area (Å²) in [6, 6.07) is 12.4. The van der Waals surface area contributed by atoms with Crippen LogP contribution in [0.25, 0.3) is 16.7 Å². The zero-order valence-corrected chi connectivity index (χ0v) is 14.3. The molecule has 3 aromatic heterocycles. The summed E-state index contributed by atoms with van der Waals surface area (Å²) in [6.45, 7) is 1.50. The van der Waals surface area contributed by atoms with Crippen LogP contribution in [0.4, 0.5) is 0 Å². The van der Waals surface area contributed by atoms with Gasteiger partial charge in [-0.05, 0) is 36.4 Å². The number of fused-ring (bicyclic) bond motifs is 2. The number of imidazole rings is 1. The summed E-state index contributed by atoms with van der Waals surface area (Å²) in [5, 5.41) is 1.25. The molecule has 0 unspecified atom stereocenters. The second kappa shape index (κ2) is 5.98. The number of amides is 1. The minimum Gasteiger partial charge on any atom is -0.358 e. The van der Waals surface area contributed by atoms with Gasteiger partial charge in [0.1, 0.15) is 5.69 Å². The van der Waals surface area contributed by atoms with Crippen LogP contribution in [0, 0.1) is 0 Å². The Bertz CT molecular complexity index is 1020. The molecule has 130 valence electrons. The first kappa shape index (κ1) is 15.1. The highest BCUT2D eigenvalue weighted by Gasteiger charge is 2.26. The van der Waals surface area contributed by atoms with E-state index in [1.807, 2.05) is 23.2 Å². The number of aromatic nitrogens is 4. The molecular weight excluding hydrogens is 326 g/mol. The van der Waals surface area contributed by atoms with Gasteiger partial charge in [0.15, 0.2) is 0 Å². The Balaban J connectivity index is 1.31. The molecule has 4 heterocycles. The number of rotatable bonds is 2. The van der Waals surface area contributed by atoms with E-state index in [0.29, 0.717) is 17.4 Å². The number of benzene rings is 1. The first-order valence-electron chi connectivity index (χ1n) is 8.94. The molecule has 0 bridgehead atoms. The number of piperidine rings is 1. The number of hydrogen-bond acceptors (Lipinski definition) is 3. The van der Waals surface area contributed by atoms with Crippen molar-refractivity contribution in [2.75, 3.05) is 13.1 Å². The summed E-state index contributed by atoms with van der Waals surface area (Å²) >= 11 is 0. The van der Waals surface area contributed by atoms with Gasteiger partial charge in [-0.1, -0.05) is 18.2 Å². The van der Waals surface area contributed by atoms with Gasteiger partial charge in [0.05, 0.1) is 0 Å². The van der Waals surface area contributed by atoms with Crippen molar-refractivity contribution in [3.05, 3.63) is 66.4 Å². The van der Waals surface area contributed by atoms with Crippen LogP contribution in [-0.4, -0.2) is 43.2 Å². The highest BCUT2D eigenvalue weighted by Crippen LogP contribution is 2.30. The number of carbonyl (C=O) groups excluding carboxylic acids is 1. The average molecular weight is 345 g/mol. The van der Waals surface area contributed by atoms with Crippen LogP contribution in [-0.2, 0) is 0 Å². The molecule has 1 aliphatic rings. The highest BCUT2D eigenvalue weighted by molar-refractivity contribution is 5.92. The van der Waals surface area contributed by atoms with Crippen molar-refractivity contribution in [1.29, 1.82) is 0 Å². The van der Waals surface area contributed by atoms with Crippen LogP contribution in [0.1, 0.15) is 34.9 Å². The average Bonchev–Trinajstić information content (AvgIpc) is 3.31. The summed E-state index contributed by atoms with van der Waals surface area (Å²) in [5.41, 5.74) is 2.92. The number of para-hydroxylation sites is 1. The van der Waals surface area contributed by atoms with Crippen molar-refractivity contribution in [3.8, 4) is 0 Å². The SMILES string of the molecule is O=C(c1cn2cccnc2n1)N1CCC(c2cc3ccccc3[nH]2)CC1. The molecule has 6 heteroatoms. The maximum absolute atomic E-state index is 12.8. The van der Waals surface area contributed by atoms with E-state index in [0.717, 1.165) is 25.9 Å².